The fraction of sp³-hybridized carbons (Fsp3) is 0.286. The van der Waals surface area contributed by atoms with Gasteiger partial charge in [-0.2, -0.15) is 0 Å². The van der Waals surface area contributed by atoms with Crippen molar-refractivity contribution in [3.05, 3.63) is 35.9 Å². The maximum atomic E-state index is 11.6. The molecule has 82 valence electrons. The van der Waals surface area contributed by atoms with Crippen molar-refractivity contribution in [2.45, 2.75) is 26.2 Å². The Balaban J connectivity index is 2.45. The fourth-order valence-electron chi connectivity index (χ4n) is 1.32. The third-order valence-corrected chi connectivity index (χ3v) is 2.16. The van der Waals surface area contributed by atoms with Crippen LogP contribution >= 0.6 is 0 Å². The number of hydrogen-bond donors (Lipinski definition) is 0. The highest BCUT2D eigenvalue weighted by molar-refractivity contribution is 6.07. The second kappa shape index (κ2) is 6.58. The van der Waals surface area contributed by atoms with Crippen molar-refractivity contribution in [2.75, 3.05) is 0 Å². The Morgan fingerprint density at radius 2 is 1.88 bits per heavy atom. The van der Waals surface area contributed by atoms with E-state index in [1.165, 1.54) is 0 Å². The van der Waals surface area contributed by atoms with E-state index in [2.05, 4.69) is 11.8 Å². The van der Waals surface area contributed by atoms with Gasteiger partial charge in [0, 0.05) is 18.4 Å². The van der Waals surface area contributed by atoms with Gasteiger partial charge in [0.25, 0.3) is 0 Å². The molecule has 1 aromatic rings. The molecule has 0 saturated heterocycles. The van der Waals surface area contributed by atoms with Gasteiger partial charge in [0.1, 0.15) is 5.78 Å². The maximum Gasteiger partial charge on any atom is 0.170 e. The summed E-state index contributed by atoms with van der Waals surface area (Å²) in [4.78, 5) is 23.0. The molecule has 16 heavy (non-hydrogen) atoms. The van der Waals surface area contributed by atoms with Crippen LogP contribution in [0.4, 0.5) is 0 Å². The van der Waals surface area contributed by atoms with Gasteiger partial charge < -0.3 is 0 Å². The number of ketones is 2. The van der Waals surface area contributed by atoms with Crippen molar-refractivity contribution in [3.8, 4) is 11.8 Å². The van der Waals surface area contributed by atoms with Crippen LogP contribution in [0.5, 0.6) is 0 Å². The molecule has 0 unspecified atom stereocenters. The highest BCUT2D eigenvalue weighted by Crippen LogP contribution is 2.05. The second-order valence-electron chi connectivity index (χ2n) is 3.43. The number of rotatable bonds is 5. The van der Waals surface area contributed by atoms with E-state index in [1.807, 2.05) is 6.07 Å². The van der Waals surface area contributed by atoms with E-state index >= 15 is 0 Å². The quantitative estimate of drug-likeness (QED) is 0.429. The molecule has 0 amide bonds. The number of carbonyl (C=O) groups excluding carboxylic acids is 2. The molecule has 2 nitrogen and oxygen atoms in total. The first-order valence-corrected chi connectivity index (χ1v) is 5.23. The lowest BCUT2D eigenvalue weighted by Crippen LogP contribution is -2.07. The van der Waals surface area contributed by atoms with Crippen LogP contribution in [-0.4, -0.2) is 11.6 Å². The molecular formula is C14H14O2. The van der Waals surface area contributed by atoms with Crippen LogP contribution in [0.2, 0.25) is 0 Å². The number of Topliss-reactive ketones (excluding diaryl/α,β-unsaturated/α-hetero) is 2. The molecule has 0 radical (unpaired) electrons. The predicted octanol–water partition coefficient (Wildman–Crippen LogP) is 2.63. The minimum absolute atomic E-state index is 0.0184. The van der Waals surface area contributed by atoms with E-state index in [-0.39, 0.29) is 18.0 Å². The lowest BCUT2D eigenvalue weighted by atomic mass is 10.0. The van der Waals surface area contributed by atoms with E-state index in [4.69, 9.17) is 0 Å². The summed E-state index contributed by atoms with van der Waals surface area (Å²) in [5, 5.41) is 0. The summed E-state index contributed by atoms with van der Waals surface area (Å²) in [6.07, 6.45) is 0.881. The Labute approximate surface area is 95.7 Å². The molecule has 0 bridgehead atoms. The van der Waals surface area contributed by atoms with Crippen molar-refractivity contribution in [1.82, 2.24) is 0 Å². The standard InChI is InChI=1S/C14H14O2/c1-2-3-5-10-13(15)11-14(16)12-8-6-4-7-9-12/h4,6-9H,5,10-11H2,1H3. The van der Waals surface area contributed by atoms with Crippen molar-refractivity contribution in [2.24, 2.45) is 0 Å². The molecule has 0 saturated carbocycles. The topological polar surface area (TPSA) is 34.1 Å². The van der Waals surface area contributed by atoms with Gasteiger partial charge >= 0.3 is 0 Å². The van der Waals surface area contributed by atoms with Crippen LogP contribution in [0.1, 0.15) is 36.5 Å². The molecule has 0 aliphatic rings. The summed E-state index contributed by atoms with van der Waals surface area (Å²) in [6.45, 7) is 1.74. The van der Waals surface area contributed by atoms with Crippen molar-refractivity contribution in [3.63, 3.8) is 0 Å². The van der Waals surface area contributed by atoms with Gasteiger partial charge in [-0.3, -0.25) is 9.59 Å². The zero-order valence-corrected chi connectivity index (χ0v) is 9.32. The average Bonchev–Trinajstić information content (AvgIpc) is 2.30. The van der Waals surface area contributed by atoms with E-state index in [1.54, 1.807) is 31.2 Å². The monoisotopic (exact) mass is 214 g/mol. The van der Waals surface area contributed by atoms with Crippen LogP contribution in [0.15, 0.2) is 30.3 Å². The van der Waals surface area contributed by atoms with Gasteiger partial charge in [-0.05, 0) is 6.92 Å². The van der Waals surface area contributed by atoms with Gasteiger partial charge in [0.05, 0.1) is 6.42 Å². The lowest BCUT2D eigenvalue weighted by molar-refractivity contribution is -0.118. The first-order chi connectivity index (χ1) is 7.74. The van der Waals surface area contributed by atoms with Gasteiger partial charge in [-0.25, -0.2) is 0 Å². The molecule has 0 aliphatic heterocycles. The Bertz CT molecular complexity index is 421. The third kappa shape index (κ3) is 4.10. The smallest absolute Gasteiger partial charge is 0.170 e. The Kier molecular flexibility index (Phi) is 5.01. The zero-order valence-electron chi connectivity index (χ0n) is 9.32. The Morgan fingerprint density at radius 1 is 1.19 bits per heavy atom. The minimum Gasteiger partial charge on any atom is -0.299 e. The van der Waals surface area contributed by atoms with Gasteiger partial charge in [0.2, 0.25) is 0 Å². The van der Waals surface area contributed by atoms with Crippen LogP contribution in [0.25, 0.3) is 0 Å². The first-order valence-electron chi connectivity index (χ1n) is 5.23. The lowest BCUT2D eigenvalue weighted by Gasteiger charge is -1.98. The second-order valence-corrected chi connectivity index (χ2v) is 3.43. The molecule has 0 fully saturated rings. The Hall–Kier alpha value is -1.88. The summed E-state index contributed by atoms with van der Waals surface area (Å²) >= 11 is 0. The van der Waals surface area contributed by atoms with Crippen molar-refractivity contribution >= 4 is 11.6 Å². The Morgan fingerprint density at radius 3 is 2.50 bits per heavy atom. The molecular weight excluding hydrogens is 200 g/mol. The van der Waals surface area contributed by atoms with E-state index < -0.39 is 0 Å². The summed E-state index contributed by atoms with van der Waals surface area (Å²) in [5.41, 5.74) is 0.595. The van der Waals surface area contributed by atoms with Crippen molar-refractivity contribution < 1.29 is 9.59 Å². The number of hydrogen-bond acceptors (Lipinski definition) is 2. The summed E-state index contributed by atoms with van der Waals surface area (Å²) in [5.74, 6) is 5.37. The van der Waals surface area contributed by atoms with Crippen LogP contribution in [-0.2, 0) is 4.79 Å². The minimum atomic E-state index is -0.116. The molecule has 1 aromatic carbocycles. The van der Waals surface area contributed by atoms with Gasteiger partial charge in [-0.15, -0.1) is 11.8 Å². The molecule has 0 N–H and O–H groups in total. The predicted molar refractivity (Wildman–Crippen MR) is 63.1 cm³/mol. The number of benzene rings is 1. The molecule has 0 aromatic heterocycles. The van der Waals surface area contributed by atoms with Gasteiger partial charge in [-0.1, -0.05) is 30.3 Å². The summed E-state index contributed by atoms with van der Waals surface area (Å²) < 4.78 is 0. The van der Waals surface area contributed by atoms with Crippen LogP contribution in [0.3, 0.4) is 0 Å². The molecule has 0 atom stereocenters. The highest BCUT2D eigenvalue weighted by Gasteiger charge is 2.10. The zero-order chi connectivity index (χ0) is 11.8. The van der Waals surface area contributed by atoms with E-state index in [0.717, 1.165) is 0 Å². The molecule has 0 heterocycles. The molecule has 0 spiro atoms. The maximum absolute atomic E-state index is 11.6. The first kappa shape index (κ1) is 12.2. The third-order valence-electron chi connectivity index (χ3n) is 2.16. The number of carbonyl (C=O) groups is 2. The highest BCUT2D eigenvalue weighted by atomic mass is 16.1. The molecule has 0 aliphatic carbocycles. The van der Waals surface area contributed by atoms with E-state index in [9.17, 15) is 9.59 Å². The van der Waals surface area contributed by atoms with Crippen LogP contribution < -0.4 is 0 Å². The largest absolute Gasteiger partial charge is 0.299 e. The van der Waals surface area contributed by atoms with Crippen molar-refractivity contribution in [1.29, 1.82) is 0 Å². The SMILES string of the molecule is CC#CCCC(=O)CC(=O)c1ccccc1. The fourth-order valence-corrected chi connectivity index (χ4v) is 1.32. The molecule has 1 rings (SSSR count). The molecule has 2 heteroatoms. The normalized spacial score (nSPS) is 9.06. The van der Waals surface area contributed by atoms with Gasteiger partial charge in [0.15, 0.2) is 5.78 Å². The summed E-state index contributed by atoms with van der Waals surface area (Å²) in [6, 6.07) is 8.87. The van der Waals surface area contributed by atoms with E-state index in [0.29, 0.717) is 18.4 Å². The van der Waals surface area contributed by atoms with Crippen LogP contribution in [0, 0.1) is 11.8 Å². The average molecular weight is 214 g/mol. The summed E-state index contributed by atoms with van der Waals surface area (Å²) in [7, 11) is 0.